The molecule has 0 aliphatic heterocycles. The van der Waals surface area contributed by atoms with Crippen molar-refractivity contribution in [2.75, 3.05) is 6.61 Å². The zero-order valence-electron chi connectivity index (χ0n) is 20.7. The second kappa shape index (κ2) is 10.6. The van der Waals surface area contributed by atoms with Crippen LogP contribution in [0.2, 0.25) is 0 Å². The van der Waals surface area contributed by atoms with Crippen LogP contribution in [0.5, 0.6) is 11.5 Å². The predicted octanol–water partition coefficient (Wildman–Crippen LogP) is 7.64. The SMILES string of the molecule is CCOc1cc(C=Nc2sc3c(c2C#N)CC[C@@H](C(C)(C)C)C3)ccc1OCc1ccc(F)cc1. The smallest absolute Gasteiger partial charge is 0.161 e. The van der Waals surface area contributed by atoms with Crippen molar-refractivity contribution in [1.29, 1.82) is 5.26 Å². The van der Waals surface area contributed by atoms with Crippen LogP contribution in [0.25, 0.3) is 0 Å². The standard InChI is InChI=1S/C29H31FN2O2S/c1-5-33-26-14-20(8-13-25(26)34-18-19-6-10-22(30)11-7-19)17-32-28-24(16-31)23-12-9-21(29(2,3)4)15-27(23)35-28/h6-8,10-11,13-14,17,21H,5,9,12,15,18H2,1-4H3/t21-/m1/s1. The zero-order chi connectivity index (χ0) is 25.0. The predicted molar refractivity (Wildman–Crippen MR) is 140 cm³/mol. The van der Waals surface area contributed by atoms with E-state index in [2.05, 4.69) is 26.8 Å². The van der Waals surface area contributed by atoms with Gasteiger partial charge in [0.05, 0.1) is 12.2 Å². The highest BCUT2D eigenvalue weighted by molar-refractivity contribution is 7.16. The van der Waals surface area contributed by atoms with Gasteiger partial charge < -0.3 is 9.47 Å². The van der Waals surface area contributed by atoms with E-state index >= 15 is 0 Å². The maximum atomic E-state index is 13.1. The number of fused-ring (bicyclic) bond motifs is 1. The molecule has 1 aliphatic rings. The summed E-state index contributed by atoms with van der Waals surface area (Å²) < 4.78 is 24.9. The maximum absolute atomic E-state index is 13.1. The van der Waals surface area contributed by atoms with Crippen LogP contribution in [0.4, 0.5) is 9.39 Å². The van der Waals surface area contributed by atoms with Crippen molar-refractivity contribution in [3.8, 4) is 17.6 Å². The molecular weight excluding hydrogens is 459 g/mol. The normalized spacial score (nSPS) is 15.6. The van der Waals surface area contributed by atoms with Gasteiger partial charge in [0.25, 0.3) is 0 Å². The second-order valence-electron chi connectivity index (χ2n) is 9.91. The number of ether oxygens (including phenoxy) is 2. The Morgan fingerprint density at radius 2 is 1.91 bits per heavy atom. The molecule has 1 aromatic heterocycles. The van der Waals surface area contributed by atoms with E-state index in [0.29, 0.717) is 30.6 Å². The fourth-order valence-electron chi connectivity index (χ4n) is 4.38. The highest BCUT2D eigenvalue weighted by Crippen LogP contribution is 2.45. The van der Waals surface area contributed by atoms with Crippen molar-refractivity contribution in [1.82, 2.24) is 0 Å². The van der Waals surface area contributed by atoms with Crippen LogP contribution < -0.4 is 9.47 Å². The van der Waals surface area contributed by atoms with Gasteiger partial charge in [-0.25, -0.2) is 9.38 Å². The fourth-order valence-corrected chi connectivity index (χ4v) is 5.61. The van der Waals surface area contributed by atoms with Crippen molar-refractivity contribution in [3.63, 3.8) is 0 Å². The number of aliphatic imine (C=N–C) groups is 1. The van der Waals surface area contributed by atoms with Crippen molar-refractivity contribution in [3.05, 3.63) is 75.4 Å². The molecule has 1 heterocycles. The molecule has 1 aliphatic carbocycles. The third-order valence-corrected chi connectivity index (χ3v) is 7.65. The maximum Gasteiger partial charge on any atom is 0.161 e. The lowest BCUT2D eigenvalue weighted by Crippen LogP contribution is -2.26. The number of nitriles is 1. The minimum Gasteiger partial charge on any atom is -0.490 e. The van der Waals surface area contributed by atoms with Gasteiger partial charge in [0.15, 0.2) is 11.5 Å². The average Bonchev–Trinajstić information content (AvgIpc) is 3.19. The Morgan fingerprint density at radius 1 is 1.14 bits per heavy atom. The third-order valence-electron chi connectivity index (χ3n) is 6.49. The number of thiophene rings is 1. The summed E-state index contributed by atoms with van der Waals surface area (Å²) in [6, 6.07) is 14.3. The molecule has 0 amide bonds. The summed E-state index contributed by atoms with van der Waals surface area (Å²) in [7, 11) is 0. The number of benzene rings is 2. The lowest BCUT2D eigenvalue weighted by molar-refractivity contribution is 0.218. The molecule has 0 bridgehead atoms. The van der Waals surface area contributed by atoms with E-state index in [1.807, 2.05) is 25.1 Å². The molecule has 4 nitrogen and oxygen atoms in total. The highest BCUT2D eigenvalue weighted by atomic mass is 32.1. The Balaban J connectivity index is 1.53. The average molecular weight is 491 g/mol. The van der Waals surface area contributed by atoms with Gasteiger partial charge in [-0.15, -0.1) is 11.3 Å². The molecule has 4 rings (SSSR count). The van der Waals surface area contributed by atoms with Crippen molar-refractivity contribution in [2.45, 2.75) is 53.6 Å². The highest BCUT2D eigenvalue weighted by Gasteiger charge is 2.32. The second-order valence-corrected chi connectivity index (χ2v) is 11.0. The van der Waals surface area contributed by atoms with E-state index in [9.17, 15) is 9.65 Å². The first kappa shape index (κ1) is 24.9. The first-order valence-electron chi connectivity index (χ1n) is 12.0. The van der Waals surface area contributed by atoms with Crippen LogP contribution in [0.15, 0.2) is 47.5 Å². The summed E-state index contributed by atoms with van der Waals surface area (Å²) in [6.45, 7) is 9.62. The number of hydrogen-bond donors (Lipinski definition) is 0. The van der Waals surface area contributed by atoms with Gasteiger partial charge in [-0.05, 0) is 84.5 Å². The number of halogens is 1. The van der Waals surface area contributed by atoms with Crippen LogP contribution in [0.1, 0.15) is 61.2 Å². The zero-order valence-corrected chi connectivity index (χ0v) is 21.5. The largest absolute Gasteiger partial charge is 0.490 e. The first-order valence-corrected chi connectivity index (χ1v) is 12.8. The summed E-state index contributed by atoms with van der Waals surface area (Å²) in [6.07, 6.45) is 4.86. The Kier molecular flexibility index (Phi) is 7.57. The monoisotopic (exact) mass is 490 g/mol. The molecule has 35 heavy (non-hydrogen) atoms. The quantitative estimate of drug-likeness (QED) is 0.320. The van der Waals surface area contributed by atoms with Gasteiger partial charge in [-0.3, -0.25) is 0 Å². The topological polar surface area (TPSA) is 54.6 Å². The molecule has 2 aromatic carbocycles. The van der Waals surface area contributed by atoms with E-state index in [-0.39, 0.29) is 11.2 Å². The summed E-state index contributed by atoms with van der Waals surface area (Å²) in [4.78, 5) is 6.02. The molecule has 0 radical (unpaired) electrons. The molecule has 0 saturated heterocycles. The molecule has 182 valence electrons. The number of nitrogens with zero attached hydrogens (tertiary/aromatic N) is 2. The Hall–Kier alpha value is -3.17. The number of hydrogen-bond acceptors (Lipinski definition) is 5. The van der Waals surface area contributed by atoms with Crippen LogP contribution >= 0.6 is 11.3 Å². The van der Waals surface area contributed by atoms with E-state index in [1.54, 1.807) is 29.7 Å². The minimum atomic E-state index is -0.271. The van der Waals surface area contributed by atoms with E-state index in [1.165, 1.54) is 22.6 Å². The summed E-state index contributed by atoms with van der Waals surface area (Å²) in [5.74, 6) is 1.59. The van der Waals surface area contributed by atoms with Crippen molar-refractivity contribution in [2.24, 2.45) is 16.3 Å². The van der Waals surface area contributed by atoms with Gasteiger partial charge >= 0.3 is 0 Å². The molecule has 6 heteroatoms. The lowest BCUT2D eigenvalue weighted by atomic mass is 9.72. The van der Waals surface area contributed by atoms with Crippen molar-refractivity contribution < 1.29 is 13.9 Å². The summed E-state index contributed by atoms with van der Waals surface area (Å²) in [5, 5.41) is 10.6. The Bertz CT molecular complexity index is 1250. The molecule has 0 spiro atoms. The van der Waals surface area contributed by atoms with Gasteiger partial charge in [0.2, 0.25) is 0 Å². The first-order chi connectivity index (χ1) is 16.8. The van der Waals surface area contributed by atoms with Crippen LogP contribution in [-0.2, 0) is 19.4 Å². The molecule has 1 atom stereocenters. The Morgan fingerprint density at radius 3 is 2.60 bits per heavy atom. The fraction of sp³-hybridized carbons (Fsp3) is 0.379. The molecule has 3 aromatic rings. The molecule has 0 unspecified atom stereocenters. The van der Waals surface area contributed by atoms with Gasteiger partial charge in [0.1, 0.15) is 23.5 Å². The lowest BCUT2D eigenvalue weighted by Gasteiger charge is -2.33. The van der Waals surface area contributed by atoms with E-state index < -0.39 is 0 Å². The van der Waals surface area contributed by atoms with Gasteiger partial charge in [0, 0.05) is 11.1 Å². The van der Waals surface area contributed by atoms with E-state index in [4.69, 9.17) is 14.5 Å². The third kappa shape index (κ3) is 5.91. The Labute approximate surface area is 211 Å². The van der Waals surface area contributed by atoms with Crippen LogP contribution in [0, 0.1) is 28.5 Å². The molecule has 0 saturated carbocycles. The molecular formula is C29H31FN2O2S. The summed E-state index contributed by atoms with van der Waals surface area (Å²) in [5.41, 5.74) is 3.90. The van der Waals surface area contributed by atoms with Crippen molar-refractivity contribution >= 4 is 22.6 Å². The van der Waals surface area contributed by atoms with Crippen LogP contribution in [0.3, 0.4) is 0 Å². The summed E-state index contributed by atoms with van der Waals surface area (Å²) >= 11 is 1.65. The van der Waals surface area contributed by atoms with Gasteiger partial charge in [-0.2, -0.15) is 5.26 Å². The van der Waals surface area contributed by atoms with Crippen LogP contribution in [-0.4, -0.2) is 12.8 Å². The minimum absolute atomic E-state index is 0.258. The number of rotatable bonds is 7. The molecule has 0 N–H and O–H groups in total. The van der Waals surface area contributed by atoms with E-state index in [0.717, 1.165) is 41.0 Å². The molecule has 0 fully saturated rings. The van der Waals surface area contributed by atoms with Gasteiger partial charge in [-0.1, -0.05) is 32.9 Å².